The van der Waals surface area contributed by atoms with Crippen LogP contribution in [0.25, 0.3) is 16.8 Å². The van der Waals surface area contributed by atoms with Crippen LogP contribution in [0.15, 0.2) is 23.0 Å². The molecule has 3 aromatic rings. The van der Waals surface area contributed by atoms with Gasteiger partial charge in [0.25, 0.3) is 12.4 Å². The Bertz CT molecular complexity index is 1050. The molecule has 10 heteroatoms. The van der Waals surface area contributed by atoms with Gasteiger partial charge in [-0.2, -0.15) is 14.6 Å². The number of benzene rings is 1. The average molecular weight is 385 g/mol. The van der Waals surface area contributed by atoms with Gasteiger partial charge in [0.1, 0.15) is 5.82 Å². The van der Waals surface area contributed by atoms with Crippen molar-refractivity contribution in [2.45, 2.75) is 25.2 Å². The molecule has 136 valence electrons. The third kappa shape index (κ3) is 3.03. The number of fused-ring (bicyclic) bond motifs is 1. The van der Waals surface area contributed by atoms with Gasteiger partial charge in [0.05, 0.1) is 16.3 Å². The number of halogens is 4. The zero-order chi connectivity index (χ0) is 18.4. The highest BCUT2D eigenvalue weighted by molar-refractivity contribution is 6.30. The second kappa shape index (κ2) is 6.31. The molecule has 2 heterocycles. The molecule has 1 N–H and O–H groups in total. The Morgan fingerprint density at radius 3 is 2.81 bits per heavy atom. The van der Waals surface area contributed by atoms with Crippen molar-refractivity contribution < 1.29 is 17.9 Å². The van der Waals surface area contributed by atoms with Gasteiger partial charge in [0.15, 0.2) is 12.3 Å². The molecule has 0 atom stereocenters. The van der Waals surface area contributed by atoms with E-state index >= 15 is 0 Å². The summed E-state index contributed by atoms with van der Waals surface area (Å²) in [6, 6.07) is 3.87. The van der Waals surface area contributed by atoms with Crippen molar-refractivity contribution in [2.24, 2.45) is 0 Å². The van der Waals surface area contributed by atoms with Crippen molar-refractivity contribution in [3.63, 3.8) is 0 Å². The summed E-state index contributed by atoms with van der Waals surface area (Å²) in [6.45, 7) is -0.909. The molecule has 0 radical (unpaired) electrons. The number of ether oxygens (including phenoxy) is 1. The molecule has 0 saturated heterocycles. The molecule has 1 fully saturated rings. The third-order valence-electron chi connectivity index (χ3n) is 4.02. The Kier molecular flexibility index (Phi) is 4.10. The van der Waals surface area contributed by atoms with E-state index in [1.807, 2.05) is 0 Å². The first-order valence-electron chi connectivity index (χ1n) is 7.83. The SMILES string of the molecule is O=c1[nH]c(OCC(F)F)nc2c(-c3ccc(Cl)c(F)c3)c(C3CC3)nn12. The highest BCUT2D eigenvalue weighted by Crippen LogP contribution is 2.45. The molecule has 2 aromatic heterocycles. The number of hydrogen-bond donors (Lipinski definition) is 1. The van der Waals surface area contributed by atoms with Crippen LogP contribution in [0.5, 0.6) is 6.01 Å². The van der Waals surface area contributed by atoms with Crippen LogP contribution < -0.4 is 10.4 Å². The lowest BCUT2D eigenvalue weighted by molar-refractivity contribution is 0.0768. The second-order valence-electron chi connectivity index (χ2n) is 5.95. The molecule has 1 aliphatic rings. The van der Waals surface area contributed by atoms with Crippen molar-refractivity contribution >= 4 is 17.2 Å². The maximum absolute atomic E-state index is 13.9. The Balaban J connectivity index is 1.92. The number of nitrogens with one attached hydrogen (secondary N) is 1. The Hall–Kier alpha value is -2.55. The van der Waals surface area contributed by atoms with Crippen LogP contribution in [-0.2, 0) is 0 Å². The van der Waals surface area contributed by atoms with E-state index in [1.165, 1.54) is 12.1 Å². The summed E-state index contributed by atoms with van der Waals surface area (Å²) in [5.41, 5.74) is 0.956. The summed E-state index contributed by atoms with van der Waals surface area (Å²) in [7, 11) is 0. The van der Waals surface area contributed by atoms with Gasteiger partial charge in [-0.05, 0) is 30.5 Å². The third-order valence-corrected chi connectivity index (χ3v) is 4.33. The Morgan fingerprint density at radius 2 is 2.15 bits per heavy atom. The monoisotopic (exact) mass is 384 g/mol. The first kappa shape index (κ1) is 16.9. The van der Waals surface area contributed by atoms with Gasteiger partial charge in [-0.1, -0.05) is 17.7 Å². The lowest BCUT2D eigenvalue weighted by Crippen LogP contribution is -2.21. The molecule has 1 aliphatic carbocycles. The summed E-state index contributed by atoms with van der Waals surface area (Å²) in [5, 5.41) is 4.25. The highest BCUT2D eigenvalue weighted by atomic mass is 35.5. The van der Waals surface area contributed by atoms with Crippen LogP contribution in [0, 0.1) is 5.82 Å². The second-order valence-corrected chi connectivity index (χ2v) is 6.36. The van der Waals surface area contributed by atoms with Crippen molar-refractivity contribution in [1.29, 1.82) is 0 Å². The number of rotatable bonds is 5. The van der Waals surface area contributed by atoms with E-state index in [2.05, 4.69) is 15.1 Å². The Morgan fingerprint density at radius 1 is 1.38 bits per heavy atom. The molecule has 6 nitrogen and oxygen atoms in total. The van der Waals surface area contributed by atoms with Crippen molar-refractivity contribution in [3.05, 3.63) is 45.2 Å². The molecule has 26 heavy (non-hydrogen) atoms. The van der Waals surface area contributed by atoms with Gasteiger partial charge in [-0.15, -0.1) is 0 Å². The van der Waals surface area contributed by atoms with Gasteiger partial charge < -0.3 is 4.74 Å². The lowest BCUT2D eigenvalue weighted by atomic mass is 10.0. The number of nitrogens with zero attached hydrogens (tertiary/aromatic N) is 3. The molecule has 1 aromatic carbocycles. The van der Waals surface area contributed by atoms with Crippen LogP contribution in [0.2, 0.25) is 5.02 Å². The zero-order valence-corrected chi connectivity index (χ0v) is 13.9. The molecule has 0 amide bonds. The minimum Gasteiger partial charge on any atom is -0.459 e. The van der Waals surface area contributed by atoms with E-state index in [0.29, 0.717) is 16.8 Å². The predicted octanol–water partition coefficient (Wildman–Crippen LogP) is 3.40. The number of H-pyrrole nitrogens is 1. The molecule has 0 bridgehead atoms. The minimum absolute atomic E-state index is 0.0371. The summed E-state index contributed by atoms with van der Waals surface area (Å²) in [5.74, 6) is -0.487. The minimum atomic E-state index is -2.71. The van der Waals surface area contributed by atoms with E-state index in [-0.39, 0.29) is 22.6 Å². The highest BCUT2D eigenvalue weighted by Gasteiger charge is 2.32. The molecule has 0 unspecified atom stereocenters. The summed E-state index contributed by atoms with van der Waals surface area (Å²) >= 11 is 5.74. The fraction of sp³-hybridized carbons (Fsp3) is 0.312. The van der Waals surface area contributed by atoms with Crippen LogP contribution in [0.3, 0.4) is 0 Å². The van der Waals surface area contributed by atoms with E-state index in [0.717, 1.165) is 17.4 Å². The summed E-state index contributed by atoms with van der Waals surface area (Å²) in [4.78, 5) is 18.6. The topological polar surface area (TPSA) is 72.3 Å². The average Bonchev–Trinajstić information content (AvgIpc) is 3.36. The smallest absolute Gasteiger partial charge is 0.352 e. The number of aromatic nitrogens is 4. The number of alkyl halides is 2. The molecular weight excluding hydrogens is 373 g/mol. The fourth-order valence-corrected chi connectivity index (χ4v) is 2.84. The molecule has 4 rings (SSSR count). The number of aromatic amines is 1. The van der Waals surface area contributed by atoms with Gasteiger partial charge in [0, 0.05) is 5.92 Å². The number of hydrogen-bond acceptors (Lipinski definition) is 4. The normalized spacial score (nSPS) is 14.3. The van der Waals surface area contributed by atoms with Crippen LogP contribution in [-0.4, -0.2) is 32.6 Å². The molecule has 0 aliphatic heterocycles. The quantitative estimate of drug-likeness (QED) is 0.731. The van der Waals surface area contributed by atoms with E-state index in [4.69, 9.17) is 16.3 Å². The van der Waals surface area contributed by atoms with Crippen molar-refractivity contribution in [3.8, 4) is 17.1 Å². The molecule has 1 saturated carbocycles. The first-order valence-corrected chi connectivity index (χ1v) is 8.21. The predicted molar refractivity (Wildman–Crippen MR) is 87.5 cm³/mol. The largest absolute Gasteiger partial charge is 0.459 e. The maximum atomic E-state index is 13.9. The summed E-state index contributed by atoms with van der Waals surface area (Å²) < 4.78 is 44.5. The van der Waals surface area contributed by atoms with E-state index < -0.39 is 24.5 Å². The Labute approximate surface area is 149 Å². The van der Waals surface area contributed by atoms with E-state index in [1.54, 1.807) is 6.07 Å². The van der Waals surface area contributed by atoms with Crippen molar-refractivity contribution in [1.82, 2.24) is 19.6 Å². The van der Waals surface area contributed by atoms with E-state index in [9.17, 15) is 18.0 Å². The zero-order valence-electron chi connectivity index (χ0n) is 13.2. The maximum Gasteiger partial charge on any atom is 0.352 e. The van der Waals surface area contributed by atoms with Crippen molar-refractivity contribution in [2.75, 3.05) is 6.61 Å². The van der Waals surface area contributed by atoms with Crippen LogP contribution >= 0.6 is 11.6 Å². The standard InChI is InChI=1S/C16H12ClF3N4O2/c17-9-4-3-8(5-10(9)18)12-13(7-1-2-7)23-24-14(12)21-15(22-16(24)25)26-6-11(19)20/h3-5,7,11H,1-2,6H2,(H,21,22,25). The van der Waals surface area contributed by atoms with Gasteiger partial charge in [-0.3, -0.25) is 4.98 Å². The van der Waals surface area contributed by atoms with Gasteiger partial charge in [-0.25, -0.2) is 18.0 Å². The lowest BCUT2D eigenvalue weighted by Gasteiger charge is -2.06. The van der Waals surface area contributed by atoms with Gasteiger partial charge in [0.2, 0.25) is 0 Å². The van der Waals surface area contributed by atoms with Gasteiger partial charge >= 0.3 is 5.69 Å². The first-order chi connectivity index (χ1) is 12.4. The fourth-order valence-electron chi connectivity index (χ4n) is 2.72. The van der Waals surface area contributed by atoms with Crippen LogP contribution in [0.4, 0.5) is 13.2 Å². The summed E-state index contributed by atoms with van der Waals surface area (Å²) in [6.07, 6.45) is -0.938. The van der Waals surface area contributed by atoms with Crippen LogP contribution in [0.1, 0.15) is 24.5 Å². The molecular formula is C16H12ClF3N4O2. The molecule has 0 spiro atoms.